The molecule has 4 rings (SSSR count). The molecule has 26 heavy (non-hydrogen) atoms. The largest absolute Gasteiger partial charge is 0.276 e. The van der Waals surface area contributed by atoms with E-state index in [1.54, 1.807) is 4.90 Å². The maximum atomic E-state index is 13.2. The zero-order valence-electron chi connectivity index (χ0n) is 14.6. The van der Waals surface area contributed by atoms with Crippen molar-refractivity contribution in [2.24, 2.45) is 0 Å². The molecule has 0 fully saturated rings. The molecule has 0 atom stereocenters. The molecule has 126 valence electrons. The summed E-state index contributed by atoms with van der Waals surface area (Å²) in [5, 5.41) is 0. The summed E-state index contributed by atoms with van der Waals surface area (Å²) < 4.78 is 0. The van der Waals surface area contributed by atoms with Gasteiger partial charge in [-0.1, -0.05) is 72.8 Å². The molecule has 1 amide bonds. The molecule has 3 aromatic rings. The van der Waals surface area contributed by atoms with Crippen molar-refractivity contribution < 1.29 is 4.79 Å². The lowest BCUT2D eigenvalue weighted by Crippen LogP contribution is -2.20. The Bertz CT molecular complexity index is 1000. The molecule has 1 aliphatic heterocycles. The van der Waals surface area contributed by atoms with Crippen LogP contribution >= 0.6 is 0 Å². The number of hydrogen-bond donors (Lipinski definition) is 0. The number of hydrogen-bond acceptors (Lipinski definition) is 1. The van der Waals surface area contributed by atoms with Crippen LogP contribution in [-0.2, 0) is 4.79 Å². The van der Waals surface area contributed by atoms with Gasteiger partial charge in [0.15, 0.2) is 0 Å². The van der Waals surface area contributed by atoms with Gasteiger partial charge in [0.2, 0.25) is 0 Å². The van der Waals surface area contributed by atoms with Crippen LogP contribution in [0.25, 0.3) is 11.6 Å². The van der Waals surface area contributed by atoms with Crippen molar-refractivity contribution in [1.82, 2.24) is 0 Å². The van der Waals surface area contributed by atoms with Gasteiger partial charge in [0, 0.05) is 16.8 Å². The van der Waals surface area contributed by atoms with Crippen LogP contribution in [0.3, 0.4) is 0 Å². The zero-order valence-corrected chi connectivity index (χ0v) is 14.6. The SMILES string of the molecule is CC(=C\c1ccccc1)/C=C1/C(=O)N(c2ccccc2)c2ccccc21. The minimum absolute atomic E-state index is 0.0122. The fourth-order valence-corrected chi connectivity index (χ4v) is 3.30. The first-order chi connectivity index (χ1) is 12.7. The third-order valence-corrected chi connectivity index (χ3v) is 4.45. The van der Waals surface area contributed by atoms with E-state index < -0.39 is 0 Å². The van der Waals surface area contributed by atoms with E-state index in [0.717, 1.165) is 33.6 Å². The summed E-state index contributed by atoms with van der Waals surface area (Å²) in [4.78, 5) is 15.0. The predicted octanol–water partition coefficient (Wildman–Crippen LogP) is 5.85. The van der Waals surface area contributed by atoms with E-state index >= 15 is 0 Å². The summed E-state index contributed by atoms with van der Waals surface area (Å²) in [5.41, 5.74) is 5.70. The molecular formula is C24H19NO. The van der Waals surface area contributed by atoms with Crippen LogP contribution in [0.2, 0.25) is 0 Å². The first kappa shape index (κ1) is 16.1. The Kier molecular flexibility index (Phi) is 4.24. The Balaban J connectivity index is 1.78. The number of amides is 1. The summed E-state index contributed by atoms with van der Waals surface area (Å²) in [6, 6.07) is 27.9. The summed E-state index contributed by atoms with van der Waals surface area (Å²) >= 11 is 0. The fraction of sp³-hybridized carbons (Fsp3) is 0.0417. The lowest BCUT2D eigenvalue weighted by atomic mass is 10.0. The van der Waals surface area contributed by atoms with Crippen molar-refractivity contribution in [2.45, 2.75) is 6.92 Å². The van der Waals surface area contributed by atoms with Gasteiger partial charge in [0.1, 0.15) is 0 Å². The quantitative estimate of drug-likeness (QED) is 0.549. The standard InChI is InChI=1S/C24H19NO/c1-18(16-19-10-4-2-5-11-19)17-22-21-14-8-9-15-23(21)25(24(22)26)20-12-6-3-7-13-20/h2-17H,1H3/b18-16+,22-17+. The van der Waals surface area contributed by atoms with Gasteiger partial charge < -0.3 is 0 Å². The van der Waals surface area contributed by atoms with Gasteiger partial charge in [-0.3, -0.25) is 9.69 Å². The van der Waals surface area contributed by atoms with E-state index in [9.17, 15) is 4.79 Å². The molecule has 3 aromatic carbocycles. The molecule has 0 radical (unpaired) electrons. The molecule has 1 heterocycles. The minimum atomic E-state index is 0.0122. The highest BCUT2D eigenvalue weighted by Crippen LogP contribution is 2.41. The molecule has 1 aliphatic rings. The molecular weight excluding hydrogens is 318 g/mol. The molecule has 0 saturated heterocycles. The van der Waals surface area contributed by atoms with E-state index in [-0.39, 0.29) is 5.91 Å². The Morgan fingerprint density at radius 1 is 0.808 bits per heavy atom. The summed E-state index contributed by atoms with van der Waals surface area (Å²) in [6.45, 7) is 2.03. The Morgan fingerprint density at radius 3 is 2.15 bits per heavy atom. The average Bonchev–Trinajstić information content (AvgIpc) is 2.95. The monoisotopic (exact) mass is 337 g/mol. The van der Waals surface area contributed by atoms with E-state index in [1.807, 2.05) is 85.8 Å². The summed E-state index contributed by atoms with van der Waals surface area (Å²) in [7, 11) is 0. The molecule has 0 spiro atoms. The summed E-state index contributed by atoms with van der Waals surface area (Å²) in [5.74, 6) is 0.0122. The lowest BCUT2D eigenvalue weighted by molar-refractivity contribution is -0.112. The second-order valence-corrected chi connectivity index (χ2v) is 6.35. The number of carbonyl (C=O) groups excluding carboxylic acids is 1. The van der Waals surface area contributed by atoms with E-state index in [2.05, 4.69) is 18.2 Å². The van der Waals surface area contributed by atoms with Gasteiger partial charge in [-0.15, -0.1) is 0 Å². The normalized spacial score (nSPS) is 15.4. The van der Waals surface area contributed by atoms with Gasteiger partial charge >= 0.3 is 0 Å². The second-order valence-electron chi connectivity index (χ2n) is 6.35. The van der Waals surface area contributed by atoms with Crippen LogP contribution in [-0.4, -0.2) is 5.91 Å². The number of allylic oxidation sites excluding steroid dienone is 2. The molecule has 0 saturated carbocycles. The van der Waals surface area contributed by atoms with Crippen LogP contribution in [0, 0.1) is 0 Å². The third kappa shape index (κ3) is 2.98. The van der Waals surface area contributed by atoms with Crippen molar-refractivity contribution in [2.75, 3.05) is 4.90 Å². The second kappa shape index (κ2) is 6.85. The highest BCUT2D eigenvalue weighted by Gasteiger charge is 2.32. The van der Waals surface area contributed by atoms with Gasteiger partial charge in [0.25, 0.3) is 5.91 Å². The molecule has 2 nitrogen and oxygen atoms in total. The minimum Gasteiger partial charge on any atom is -0.276 e. The van der Waals surface area contributed by atoms with Crippen molar-refractivity contribution in [3.63, 3.8) is 0 Å². The number of nitrogens with zero attached hydrogens (tertiary/aromatic N) is 1. The van der Waals surface area contributed by atoms with Gasteiger partial charge in [-0.25, -0.2) is 0 Å². The van der Waals surface area contributed by atoms with E-state index in [0.29, 0.717) is 0 Å². The van der Waals surface area contributed by atoms with Crippen molar-refractivity contribution in [1.29, 1.82) is 0 Å². The van der Waals surface area contributed by atoms with E-state index in [1.165, 1.54) is 0 Å². The Hall–Kier alpha value is -3.39. The van der Waals surface area contributed by atoms with Crippen molar-refractivity contribution >= 4 is 28.9 Å². The number of anilines is 2. The number of benzene rings is 3. The number of para-hydroxylation sites is 2. The highest BCUT2D eigenvalue weighted by atomic mass is 16.2. The third-order valence-electron chi connectivity index (χ3n) is 4.45. The Labute approximate surface area is 153 Å². The molecule has 0 N–H and O–H groups in total. The first-order valence-corrected chi connectivity index (χ1v) is 8.68. The molecule has 0 unspecified atom stereocenters. The van der Waals surface area contributed by atoms with Crippen LogP contribution < -0.4 is 4.90 Å². The van der Waals surface area contributed by atoms with Crippen LogP contribution in [0.5, 0.6) is 0 Å². The smallest absolute Gasteiger partial charge is 0.263 e. The molecule has 0 bridgehead atoms. The predicted molar refractivity (Wildman–Crippen MR) is 108 cm³/mol. The molecule has 0 aliphatic carbocycles. The van der Waals surface area contributed by atoms with Crippen molar-refractivity contribution in [3.8, 4) is 0 Å². The summed E-state index contributed by atoms with van der Waals surface area (Å²) in [6.07, 6.45) is 4.07. The first-order valence-electron chi connectivity index (χ1n) is 8.68. The Morgan fingerprint density at radius 2 is 1.42 bits per heavy atom. The van der Waals surface area contributed by atoms with Gasteiger partial charge in [-0.05, 0) is 42.3 Å². The maximum absolute atomic E-state index is 13.2. The number of rotatable bonds is 3. The molecule has 0 aromatic heterocycles. The maximum Gasteiger partial charge on any atom is 0.263 e. The van der Waals surface area contributed by atoms with Gasteiger partial charge in [-0.2, -0.15) is 0 Å². The lowest BCUT2D eigenvalue weighted by Gasteiger charge is -2.16. The number of fused-ring (bicyclic) bond motifs is 1. The van der Waals surface area contributed by atoms with Crippen LogP contribution in [0.1, 0.15) is 18.1 Å². The topological polar surface area (TPSA) is 20.3 Å². The molecule has 2 heteroatoms. The van der Waals surface area contributed by atoms with Gasteiger partial charge in [0.05, 0.1) is 5.69 Å². The van der Waals surface area contributed by atoms with Crippen LogP contribution in [0.15, 0.2) is 96.6 Å². The average molecular weight is 337 g/mol. The fourth-order valence-electron chi connectivity index (χ4n) is 3.30. The van der Waals surface area contributed by atoms with Crippen molar-refractivity contribution in [3.05, 3.63) is 108 Å². The zero-order chi connectivity index (χ0) is 17.9. The number of carbonyl (C=O) groups is 1. The van der Waals surface area contributed by atoms with Crippen LogP contribution in [0.4, 0.5) is 11.4 Å². The van der Waals surface area contributed by atoms with E-state index in [4.69, 9.17) is 0 Å². The highest BCUT2D eigenvalue weighted by molar-refractivity contribution is 6.35.